The number of anilines is 2. The molecular formula is C21H28Cl2N4O2. The van der Waals surface area contributed by atoms with E-state index in [4.69, 9.17) is 5.73 Å². The second kappa shape index (κ2) is 11.7. The monoisotopic (exact) mass is 438 g/mol. The van der Waals surface area contributed by atoms with Crippen LogP contribution in [0.5, 0.6) is 0 Å². The molecule has 1 aliphatic heterocycles. The zero-order chi connectivity index (χ0) is 19.2. The fourth-order valence-corrected chi connectivity index (χ4v) is 3.23. The lowest BCUT2D eigenvalue weighted by Crippen LogP contribution is -2.32. The van der Waals surface area contributed by atoms with Crippen LogP contribution in [0.1, 0.15) is 28.8 Å². The maximum absolute atomic E-state index is 13.1. The summed E-state index contributed by atoms with van der Waals surface area (Å²) in [6.07, 6.45) is 1.17. The summed E-state index contributed by atoms with van der Waals surface area (Å²) < 4.78 is 0. The van der Waals surface area contributed by atoms with E-state index in [1.54, 1.807) is 6.07 Å². The van der Waals surface area contributed by atoms with E-state index in [2.05, 4.69) is 5.32 Å². The average molecular weight is 439 g/mol. The molecule has 0 saturated heterocycles. The Labute approximate surface area is 184 Å². The molecule has 0 aliphatic carbocycles. The molecule has 0 fully saturated rings. The van der Waals surface area contributed by atoms with Crippen molar-refractivity contribution in [3.8, 4) is 0 Å². The highest BCUT2D eigenvalue weighted by atomic mass is 35.5. The third kappa shape index (κ3) is 6.35. The van der Waals surface area contributed by atoms with E-state index in [1.807, 2.05) is 59.3 Å². The van der Waals surface area contributed by atoms with E-state index in [0.717, 1.165) is 17.7 Å². The van der Waals surface area contributed by atoms with Gasteiger partial charge < -0.3 is 20.9 Å². The number of carbonyl (C=O) groups is 2. The van der Waals surface area contributed by atoms with Crippen LogP contribution in [0.2, 0.25) is 0 Å². The first-order valence-electron chi connectivity index (χ1n) is 9.27. The van der Waals surface area contributed by atoms with Gasteiger partial charge in [0.15, 0.2) is 0 Å². The number of amides is 2. The molecule has 0 radical (unpaired) electrons. The number of nitrogens with zero attached hydrogens (tertiary/aromatic N) is 2. The Morgan fingerprint density at radius 3 is 2.59 bits per heavy atom. The smallest absolute Gasteiger partial charge is 0.254 e. The van der Waals surface area contributed by atoms with Gasteiger partial charge in [-0.2, -0.15) is 0 Å². The SMILES string of the molecule is CN1CCC(=O)Nc2cc(C(=O)N(CCCN)Cc3ccccc3)ccc21.Cl.Cl. The lowest BCUT2D eigenvalue weighted by Gasteiger charge is -2.24. The summed E-state index contributed by atoms with van der Waals surface area (Å²) in [7, 11) is 1.95. The van der Waals surface area contributed by atoms with Crippen molar-refractivity contribution in [3.05, 3.63) is 59.7 Å². The Hall–Kier alpha value is -2.28. The maximum Gasteiger partial charge on any atom is 0.254 e. The number of nitrogens with one attached hydrogen (secondary N) is 1. The molecule has 1 aliphatic rings. The number of fused-ring (bicyclic) bond motifs is 1. The van der Waals surface area contributed by atoms with Gasteiger partial charge in [0.25, 0.3) is 5.91 Å². The largest absolute Gasteiger partial charge is 0.372 e. The molecule has 2 amide bonds. The van der Waals surface area contributed by atoms with Crippen LogP contribution < -0.4 is 16.0 Å². The molecule has 0 bridgehead atoms. The van der Waals surface area contributed by atoms with E-state index in [-0.39, 0.29) is 36.6 Å². The molecule has 2 aromatic rings. The van der Waals surface area contributed by atoms with Crippen LogP contribution in [-0.4, -0.2) is 43.4 Å². The summed E-state index contributed by atoms with van der Waals surface area (Å²) in [6.45, 7) is 2.31. The minimum atomic E-state index is -0.0590. The summed E-state index contributed by atoms with van der Waals surface area (Å²) in [5, 5.41) is 2.91. The van der Waals surface area contributed by atoms with Crippen molar-refractivity contribution >= 4 is 48.0 Å². The van der Waals surface area contributed by atoms with Crippen molar-refractivity contribution in [3.63, 3.8) is 0 Å². The standard InChI is InChI=1S/C21H26N4O2.2ClH/c1-24-13-10-20(26)23-18-14-17(8-9-19(18)24)21(27)25(12-5-11-22)15-16-6-3-2-4-7-16;;/h2-4,6-9,14H,5,10-13,15,22H2,1H3,(H,23,26);2*1H. The molecular weight excluding hydrogens is 411 g/mol. The van der Waals surface area contributed by atoms with Crippen LogP contribution in [-0.2, 0) is 11.3 Å². The van der Waals surface area contributed by atoms with Crippen LogP contribution in [0.25, 0.3) is 0 Å². The highest BCUT2D eigenvalue weighted by Gasteiger charge is 2.21. The highest BCUT2D eigenvalue weighted by molar-refractivity contribution is 6.00. The number of rotatable bonds is 6. The first-order valence-corrected chi connectivity index (χ1v) is 9.27. The molecule has 0 spiro atoms. The van der Waals surface area contributed by atoms with Crippen molar-refractivity contribution in [2.45, 2.75) is 19.4 Å². The van der Waals surface area contributed by atoms with Crippen molar-refractivity contribution in [2.24, 2.45) is 5.73 Å². The second-order valence-corrected chi connectivity index (χ2v) is 6.81. The van der Waals surface area contributed by atoms with Gasteiger partial charge >= 0.3 is 0 Å². The topological polar surface area (TPSA) is 78.7 Å². The molecule has 1 heterocycles. The lowest BCUT2D eigenvalue weighted by molar-refractivity contribution is -0.115. The third-order valence-electron chi connectivity index (χ3n) is 4.74. The zero-order valence-corrected chi connectivity index (χ0v) is 18.1. The number of halogens is 2. The van der Waals surface area contributed by atoms with Crippen molar-refractivity contribution in [1.82, 2.24) is 4.90 Å². The van der Waals surface area contributed by atoms with Crippen LogP contribution in [0.15, 0.2) is 48.5 Å². The molecule has 3 rings (SSSR count). The van der Waals surface area contributed by atoms with Gasteiger partial charge in [0.05, 0.1) is 11.4 Å². The molecule has 0 atom stereocenters. The molecule has 0 unspecified atom stereocenters. The lowest BCUT2D eigenvalue weighted by atomic mass is 10.1. The highest BCUT2D eigenvalue weighted by Crippen LogP contribution is 2.29. The van der Waals surface area contributed by atoms with Crippen LogP contribution in [0.3, 0.4) is 0 Å². The first-order chi connectivity index (χ1) is 13.1. The van der Waals surface area contributed by atoms with Gasteiger partial charge in [-0.25, -0.2) is 0 Å². The van der Waals surface area contributed by atoms with Crippen LogP contribution in [0, 0.1) is 0 Å². The maximum atomic E-state index is 13.1. The summed E-state index contributed by atoms with van der Waals surface area (Å²) in [4.78, 5) is 28.9. The van der Waals surface area contributed by atoms with E-state index >= 15 is 0 Å². The van der Waals surface area contributed by atoms with Gasteiger partial charge in [-0.05, 0) is 36.7 Å². The Morgan fingerprint density at radius 1 is 1.17 bits per heavy atom. The molecule has 3 N–H and O–H groups in total. The summed E-state index contributed by atoms with van der Waals surface area (Å²) >= 11 is 0. The third-order valence-corrected chi connectivity index (χ3v) is 4.74. The van der Waals surface area contributed by atoms with Gasteiger partial charge in [-0.3, -0.25) is 9.59 Å². The van der Waals surface area contributed by atoms with Crippen molar-refractivity contribution < 1.29 is 9.59 Å². The van der Waals surface area contributed by atoms with E-state index in [1.165, 1.54) is 0 Å². The number of benzene rings is 2. The summed E-state index contributed by atoms with van der Waals surface area (Å²) in [5.74, 6) is -0.0919. The molecule has 8 heteroatoms. The van der Waals surface area contributed by atoms with Crippen molar-refractivity contribution in [1.29, 1.82) is 0 Å². The van der Waals surface area contributed by atoms with E-state index < -0.39 is 0 Å². The average Bonchev–Trinajstić information content (AvgIpc) is 2.83. The fraction of sp³-hybridized carbons (Fsp3) is 0.333. The number of carbonyl (C=O) groups excluding carboxylic acids is 2. The first kappa shape index (κ1) is 24.8. The summed E-state index contributed by atoms with van der Waals surface area (Å²) in [6, 6.07) is 15.4. The Morgan fingerprint density at radius 2 is 1.90 bits per heavy atom. The Bertz CT molecular complexity index is 818. The van der Waals surface area contributed by atoms with Crippen LogP contribution in [0.4, 0.5) is 11.4 Å². The van der Waals surface area contributed by atoms with E-state index in [9.17, 15) is 9.59 Å². The van der Waals surface area contributed by atoms with Crippen LogP contribution >= 0.6 is 24.8 Å². The zero-order valence-electron chi connectivity index (χ0n) is 16.5. The van der Waals surface area contributed by atoms with Gasteiger partial charge in [0, 0.05) is 38.7 Å². The Kier molecular flexibility index (Phi) is 9.95. The normalized spacial score (nSPS) is 12.6. The fourth-order valence-electron chi connectivity index (χ4n) is 3.23. The molecule has 29 heavy (non-hydrogen) atoms. The molecule has 0 saturated carbocycles. The van der Waals surface area contributed by atoms with Gasteiger partial charge in [-0.1, -0.05) is 30.3 Å². The number of hydrogen-bond acceptors (Lipinski definition) is 4. The van der Waals surface area contributed by atoms with Gasteiger partial charge in [0.1, 0.15) is 0 Å². The Balaban J connectivity index is 0.00000210. The van der Waals surface area contributed by atoms with Gasteiger partial charge in [-0.15, -0.1) is 24.8 Å². The predicted molar refractivity (Wildman–Crippen MR) is 122 cm³/mol. The minimum absolute atomic E-state index is 0. The second-order valence-electron chi connectivity index (χ2n) is 6.81. The predicted octanol–water partition coefficient (Wildman–Crippen LogP) is 3.30. The summed E-state index contributed by atoms with van der Waals surface area (Å²) in [5.41, 5.74) is 8.91. The quantitative estimate of drug-likeness (QED) is 0.724. The molecule has 2 aromatic carbocycles. The van der Waals surface area contributed by atoms with Crippen molar-refractivity contribution in [2.75, 3.05) is 36.9 Å². The van der Waals surface area contributed by atoms with Gasteiger partial charge in [0.2, 0.25) is 5.91 Å². The number of nitrogens with two attached hydrogens (primary N) is 1. The molecule has 0 aromatic heterocycles. The minimum Gasteiger partial charge on any atom is -0.372 e. The van der Waals surface area contributed by atoms with E-state index in [0.29, 0.717) is 43.9 Å². The number of hydrogen-bond donors (Lipinski definition) is 2. The molecule has 6 nitrogen and oxygen atoms in total. The molecule has 158 valence electrons.